The van der Waals surface area contributed by atoms with E-state index in [-0.39, 0.29) is 0 Å². The van der Waals surface area contributed by atoms with E-state index in [0.717, 1.165) is 16.7 Å². The van der Waals surface area contributed by atoms with Crippen LogP contribution in [0.5, 0.6) is 0 Å². The molecule has 17 heavy (non-hydrogen) atoms. The van der Waals surface area contributed by atoms with Gasteiger partial charge >= 0.3 is 0 Å². The first-order chi connectivity index (χ1) is 8.10. The Bertz CT molecular complexity index is 436. The predicted molar refractivity (Wildman–Crippen MR) is 64.4 cm³/mol. The van der Waals surface area contributed by atoms with E-state index in [9.17, 15) is 10.4 Å². The Morgan fingerprint density at radius 3 is 2.53 bits per heavy atom. The molecule has 90 valence electrons. The molecule has 1 aliphatic heterocycles. The molecule has 1 aromatic carbocycles. The molecule has 2 rings (SSSR count). The van der Waals surface area contributed by atoms with E-state index in [1.165, 1.54) is 0 Å². The van der Waals surface area contributed by atoms with E-state index < -0.39 is 11.5 Å². The molecule has 3 nitrogen and oxygen atoms in total. The van der Waals surface area contributed by atoms with Gasteiger partial charge in [-0.2, -0.15) is 5.26 Å². The molecule has 2 atom stereocenters. The van der Waals surface area contributed by atoms with Crippen LogP contribution in [0.2, 0.25) is 0 Å². The van der Waals surface area contributed by atoms with Crippen molar-refractivity contribution in [2.24, 2.45) is 5.41 Å². The average molecular weight is 231 g/mol. The van der Waals surface area contributed by atoms with E-state index in [0.29, 0.717) is 19.6 Å². The second-order valence-corrected chi connectivity index (χ2v) is 4.78. The molecule has 0 aromatic heterocycles. The molecule has 0 radical (unpaired) electrons. The molecule has 1 aromatic rings. The van der Waals surface area contributed by atoms with Gasteiger partial charge in [0.05, 0.1) is 12.7 Å². The van der Waals surface area contributed by atoms with E-state index in [4.69, 9.17) is 4.74 Å². The molecule has 1 N–H and O–H groups in total. The van der Waals surface area contributed by atoms with Crippen molar-refractivity contribution in [2.45, 2.75) is 26.4 Å². The molecule has 0 spiro atoms. The zero-order valence-electron chi connectivity index (χ0n) is 10.2. The minimum atomic E-state index is -0.781. The Hall–Kier alpha value is -1.37. The highest BCUT2D eigenvalue weighted by atomic mass is 16.5. The molecular formula is C14H17NO2. The number of nitriles is 1. The minimum Gasteiger partial charge on any atom is -0.387 e. The Labute approximate surface area is 102 Å². The lowest BCUT2D eigenvalue weighted by Crippen LogP contribution is -2.28. The SMILES string of the molecule is Cc1cccc(C)c1C(O)C1(C#N)CCOC1. The fraction of sp³-hybridized carbons (Fsp3) is 0.500. The first kappa shape index (κ1) is 12.1. The summed E-state index contributed by atoms with van der Waals surface area (Å²) in [6, 6.07) is 8.15. The van der Waals surface area contributed by atoms with Crippen LogP contribution in [-0.4, -0.2) is 18.3 Å². The normalized spacial score (nSPS) is 25.5. The number of aliphatic hydroxyl groups is 1. The Morgan fingerprint density at radius 2 is 2.06 bits per heavy atom. The molecule has 0 aliphatic carbocycles. The lowest BCUT2D eigenvalue weighted by atomic mass is 9.77. The van der Waals surface area contributed by atoms with E-state index in [1.54, 1.807) is 0 Å². The number of ether oxygens (including phenoxy) is 1. The molecule has 0 amide bonds. The maximum absolute atomic E-state index is 10.5. The standard InChI is InChI=1S/C14H17NO2/c1-10-4-3-5-11(2)12(10)13(16)14(8-15)6-7-17-9-14/h3-5,13,16H,6-7,9H2,1-2H3. The van der Waals surface area contributed by atoms with E-state index in [1.807, 2.05) is 32.0 Å². The second kappa shape index (κ2) is 4.48. The van der Waals surface area contributed by atoms with Gasteiger partial charge in [0.25, 0.3) is 0 Å². The highest BCUT2D eigenvalue weighted by molar-refractivity contribution is 5.37. The van der Waals surface area contributed by atoms with Gasteiger partial charge in [-0.25, -0.2) is 0 Å². The summed E-state index contributed by atoms with van der Waals surface area (Å²) in [6.07, 6.45) is -0.172. The van der Waals surface area contributed by atoms with Crippen molar-refractivity contribution >= 4 is 0 Å². The zero-order chi connectivity index (χ0) is 12.5. The fourth-order valence-electron chi connectivity index (χ4n) is 2.48. The van der Waals surface area contributed by atoms with Crippen LogP contribution < -0.4 is 0 Å². The van der Waals surface area contributed by atoms with Crippen molar-refractivity contribution in [3.8, 4) is 6.07 Å². The van der Waals surface area contributed by atoms with Gasteiger partial charge in [0, 0.05) is 6.61 Å². The first-order valence-electron chi connectivity index (χ1n) is 5.84. The third kappa shape index (κ3) is 1.95. The average Bonchev–Trinajstić information content (AvgIpc) is 2.78. The molecule has 1 fully saturated rings. The summed E-state index contributed by atoms with van der Waals surface area (Å²) in [7, 11) is 0. The predicted octanol–water partition coefficient (Wildman–Crippen LogP) is 2.27. The summed E-state index contributed by atoms with van der Waals surface area (Å²) < 4.78 is 5.29. The van der Waals surface area contributed by atoms with Gasteiger partial charge in [0.2, 0.25) is 0 Å². The number of hydrogen-bond donors (Lipinski definition) is 1. The van der Waals surface area contributed by atoms with Crippen LogP contribution in [0.3, 0.4) is 0 Å². The molecule has 2 unspecified atom stereocenters. The van der Waals surface area contributed by atoms with Crippen molar-refractivity contribution in [2.75, 3.05) is 13.2 Å². The summed E-state index contributed by atoms with van der Waals surface area (Å²) in [5, 5.41) is 19.9. The van der Waals surface area contributed by atoms with Crippen LogP contribution in [0.15, 0.2) is 18.2 Å². The number of rotatable bonds is 2. The molecule has 0 saturated carbocycles. The number of nitrogens with zero attached hydrogens (tertiary/aromatic N) is 1. The lowest BCUT2D eigenvalue weighted by molar-refractivity contribution is 0.0495. The summed E-state index contributed by atoms with van der Waals surface area (Å²) in [4.78, 5) is 0. The van der Waals surface area contributed by atoms with Crippen molar-refractivity contribution in [1.29, 1.82) is 5.26 Å². The summed E-state index contributed by atoms with van der Waals surface area (Å²) >= 11 is 0. The van der Waals surface area contributed by atoms with Crippen LogP contribution >= 0.6 is 0 Å². The van der Waals surface area contributed by atoms with Gasteiger partial charge in [-0.1, -0.05) is 18.2 Å². The van der Waals surface area contributed by atoms with Gasteiger partial charge < -0.3 is 9.84 Å². The van der Waals surface area contributed by atoms with Crippen molar-refractivity contribution in [3.05, 3.63) is 34.9 Å². The molecular weight excluding hydrogens is 214 g/mol. The smallest absolute Gasteiger partial charge is 0.113 e. The van der Waals surface area contributed by atoms with E-state index >= 15 is 0 Å². The Kier molecular flexibility index (Phi) is 3.19. The van der Waals surface area contributed by atoms with Crippen LogP contribution in [0, 0.1) is 30.6 Å². The monoisotopic (exact) mass is 231 g/mol. The third-order valence-corrected chi connectivity index (χ3v) is 3.61. The summed E-state index contributed by atoms with van der Waals surface area (Å²) in [5.41, 5.74) is 2.15. The van der Waals surface area contributed by atoms with Crippen LogP contribution in [0.1, 0.15) is 29.2 Å². The quantitative estimate of drug-likeness (QED) is 0.849. The van der Waals surface area contributed by atoms with Crippen LogP contribution in [-0.2, 0) is 4.74 Å². The number of aliphatic hydroxyl groups excluding tert-OH is 1. The van der Waals surface area contributed by atoms with Crippen molar-refractivity contribution in [1.82, 2.24) is 0 Å². The third-order valence-electron chi connectivity index (χ3n) is 3.61. The van der Waals surface area contributed by atoms with E-state index in [2.05, 4.69) is 6.07 Å². The summed E-state index contributed by atoms with van der Waals surface area (Å²) in [6.45, 7) is 4.80. The highest BCUT2D eigenvalue weighted by Crippen LogP contribution is 2.42. The maximum atomic E-state index is 10.5. The molecule has 3 heteroatoms. The molecule has 0 bridgehead atoms. The minimum absolute atomic E-state index is 0.318. The van der Waals surface area contributed by atoms with Crippen LogP contribution in [0.25, 0.3) is 0 Å². The lowest BCUT2D eigenvalue weighted by Gasteiger charge is -2.28. The molecule has 1 aliphatic rings. The topological polar surface area (TPSA) is 53.2 Å². The molecule has 1 heterocycles. The van der Waals surface area contributed by atoms with Gasteiger partial charge in [-0.3, -0.25) is 0 Å². The second-order valence-electron chi connectivity index (χ2n) is 4.78. The number of hydrogen-bond acceptors (Lipinski definition) is 3. The number of aryl methyl sites for hydroxylation is 2. The van der Waals surface area contributed by atoms with Gasteiger partial charge in [0.1, 0.15) is 11.5 Å². The van der Waals surface area contributed by atoms with Gasteiger partial charge in [-0.15, -0.1) is 0 Å². The van der Waals surface area contributed by atoms with Gasteiger partial charge in [0.15, 0.2) is 0 Å². The van der Waals surface area contributed by atoms with Crippen LogP contribution in [0.4, 0.5) is 0 Å². The first-order valence-corrected chi connectivity index (χ1v) is 5.84. The largest absolute Gasteiger partial charge is 0.387 e. The summed E-state index contributed by atoms with van der Waals surface area (Å²) in [5.74, 6) is 0. The fourth-order valence-corrected chi connectivity index (χ4v) is 2.48. The highest BCUT2D eigenvalue weighted by Gasteiger charge is 2.43. The van der Waals surface area contributed by atoms with Crippen molar-refractivity contribution in [3.63, 3.8) is 0 Å². The number of benzene rings is 1. The Balaban J connectivity index is 2.43. The Morgan fingerprint density at radius 1 is 1.41 bits per heavy atom. The maximum Gasteiger partial charge on any atom is 0.113 e. The van der Waals surface area contributed by atoms with Crippen molar-refractivity contribution < 1.29 is 9.84 Å². The zero-order valence-corrected chi connectivity index (χ0v) is 10.2. The molecule has 1 saturated heterocycles. The van der Waals surface area contributed by atoms with Gasteiger partial charge in [-0.05, 0) is 37.0 Å².